The molecule has 4 aromatic rings. The van der Waals surface area contributed by atoms with E-state index in [1.807, 2.05) is 29.3 Å². The molecule has 9 heteroatoms. The van der Waals surface area contributed by atoms with Gasteiger partial charge in [-0.1, -0.05) is 11.2 Å². The quantitative estimate of drug-likeness (QED) is 0.541. The number of aromatic nitrogens is 6. The molecule has 1 aliphatic heterocycles. The lowest BCUT2D eigenvalue weighted by Crippen LogP contribution is -2.35. The van der Waals surface area contributed by atoms with Crippen LogP contribution in [0.15, 0.2) is 47.7 Å². The molecule has 0 bridgehead atoms. The van der Waals surface area contributed by atoms with E-state index in [1.54, 1.807) is 21.6 Å². The minimum atomic E-state index is 0.0552. The molecule has 0 spiro atoms. The smallest absolute Gasteiger partial charge is 0.257 e. The summed E-state index contributed by atoms with van der Waals surface area (Å²) < 4.78 is 8.30. The lowest BCUT2D eigenvalue weighted by atomic mass is 10.1. The third-order valence-corrected chi connectivity index (χ3v) is 5.06. The van der Waals surface area contributed by atoms with Gasteiger partial charge >= 0.3 is 0 Å². The largest absolute Gasteiger partial charge is 0.343 e. The fraction of sp³-hybridized carbons (Fsp3) is 0.316. The number of hydrogen-bond donors (Lipinski definition) is 0. The molecule has 0 atom stereocenters. The average molecular weight is 377 g/mol. The van der Waals surface area contributed by atoms with Crippen molar-refractivity contribution < 1.29 is 9.32 Å². The summed E-state index contributed by atoms with van der Waals surface area (Å²) in [5.41, 5.74) is 3.21. The fourth-order valence-corrected chi connectivity index (χ4v) is 3.65. The van der Waals surface area contributed by atoms with Gasteiger partial charge in [0.05, 0.1) is 29.2 Å². The van der Waals surface area contributed by atoms with E-state index in [9.17, 15) is 4.79 Å². The van der Waals surface area contributed by atoms with Crippen LogP contribution in [0.5, 0.6) is 0 Å². The molecule has 1 aliphatic rings. The minimum absolute atomic E-state index is 0.0552. The monoisotopic (exact) mass is 377 g/mol. The van der Waals surface area contributed by atoms with Gasteiger partial charge in [0.2, 0.25) is 6.39 Å². The molecule has 28 heavy (non-hydrogen) atoms. The van der Waals surface area contributed by atoms with E-state index in [1.165, 1.54) is 12.8 Å². The van der Waals surface area contributed by atoms with Gasteiger partial charge in [-0.05, 0) is 31.4 Å². The van der Waals surface area contributed by atoms with Crippen LogP contribution in [0.2, 0.25) is 0 Å². The summed E-state index contributed by atoms with van der Waals surface area (Å²) in [6, 6.07) is 5.83. The van der Waals surface area contributed by atoms with Crippen molar-refractivity contribution in [1.29, 1.82) is 0 Å². The van der Waals surface area contributed by atoms with Crippen molar-refractivity contribution in [2.75, 3.05) is 13.1 Å². The summed E-state index contributed by atoms with van der Waals surface area (Å²) >= 11 is 0. The van der Waals surface area contributed by atoms with E-state index < -0.39 is 0 Å². The van der Waals surface area contributed by atoms with Gasteiger partial charge in [0, 0.05) is 24.8 Å². The number of carbonyl (C=O) groups is 1. The van der Waals surface area contributed by atoms with E-state index in [0.717, 1.165) is 42.7 Å². The van der Waals surface area contributed by atoms with Gasteiger partial charge in [-0.2, -0.15) is 15.2 Å². The molecule has 5 heterocycles. The second-order valence-electron chi connectivity index (χ2n) is 6.89. The van der Waals surface area contributed by atoms with E-state index in [-0.39, 0.29) is 5.91 Å². The summed E-state index contributed by atoms with van der Waals surface area (Å²) in [4.78, 5) is 18.9. The van der Waals surface area contributed by atoms with Crippen molar-refractivity contribution in [2.45, 2.75) is 25.8 Å². The molecule has 0 aromatic carbocycles. The Balaban J connectivity index is 1.47. The number of nitrogens with zero attached hydrogens (tertiary/aromatic N) is 7. The van der Waals surface area contributed by atoms with E-state index >= 15 is 0 Å². The molecule has 0 unspecified atom stereocenters. The average Bonchev–Trinajstić information content (AvgIpc) is 3.49. The van der Waals surface area contributed by atoms with Crippen molar-refractivity contribution in [1.82, 2.24) is 34.4 Å². The topological polar surface area (TPSA) is 94.4 Å². The first-order chi connectivity index (χ1) is 13.8. The first-order valence-electron chi connectivity index (χ1n) is 9.34. The van der Waals surface area contributed by atoms with Crippen LogP contribution in [0.4, 0.5) is 0 Å². The Bertz CT molecular complexity index is 1110. The Morgan fingerprint density at radius 2 is 2.00 bits per heavy atom. The lowest BCUT2D eigenvalue weighted by molar-refractivity contribution is 0.0726. The van der Waals surface area contributed by atoms with Crippen molar-refractivity contribution in [3.8, 4) is 11.3 Å². The number of carbonyl (C=O) groups excluding carboxylic acids is 1. The Labute approximate surface area is 160 Å². The Morgan fingerprint density at radius 3 is 2.82 bits per heavy atom. The normalized spacial score (nSPS) is 14.6. The second kappa shape index (κ2) is 6.91. The van der Waals surface area contributed by atoms with Crippen molar-refractivity contribution in [2.24, 2.45) is 0 Å². The molecule has 4 aromatic heterocycles. The van der Waals surface area contributed by atoms with E-state index in [4.69, 9.17) is 4.52 Å². The van der Waals surface area contributed by atoms with Gasteiger partial charge in [0.25, 0.3) is 5.91 Å². The molecule has 9 nitrogen and oxygen atoms in total. The Morgan fingerprint density at radius 1 is 1.11 bits per heavy atom. The molecule has 0 saturated carbocycles. The zero-order valence-corrected chi connectivity index (χ0v) is 15.2. The van der Waals surface area contributed by atoms with Crippen LogP contribution in [0.3, 0.4) is 0 Å². The maximum atomic E-state index is 12.9. The molecule has 0 N–H and O–H groups in total. The van der Waals surface area contributed by atoms with Crippen LogP contribution in [0.1, 0.15) is 35.4 Å². The summed E-state index contributed by atoms with van der Waals surface area (Å²) in [6.45, 7) is 2.06. The molecule has 0 radical (unpaired) electrons. The molecule has 1 saturated heterocycles. The molecule has 1 fully saturated rings. The molecule has 5 rings (SSSR count). The van der Waals surface area contributed by atoms with Crippen LogP contribution in [-0.4, -0.2) is 53.4 Å². The summed E-state index contributed by atoms with van der Waals surface area (Å²) in [6.07, 6.45) is 9.95. The lowest BCUT2D eigenvalue weighted by Gasteiger charge is -2.26. The Kier molecular flexibility index (Phi) is 4.12. The van der Waals surface area contributed by atoms with Gasteiger partial charge < -0.3 is 9.42 Å². The van der Waals surface area contributed by atoms with Crippen LogP contribution >= 0.6 is 0 Å². The minimum Gasteiger partial charge on any atom is -0.343 e. The van der Waals surface area contributed by atoms with Crippen LogP contribution in [0.25, 0.3) is 16.8 Å². The molecular weight excluding hydrogens is 358 g/mol. The predicted octanol–water partition coefficient (Wildman–Crippen LogP) is 2.26. The maximum absolute atomic E-state index is 12.9. The highest BCUT2D eigenvalue weighted by Gasteiger charge is 2.22. The predicted molar refractivity (Wildman–Crippen MR) is 99.6 cm³/mol. The maximum Gasteiger partial charge on any atom is 0.257 e. The molecule has 0 aliphatic carbocycles. The van der Waals surface area contributed by atoms with Gasteiger partial charge in [-0.15, -0.1) is 0 Å². The molecule has 1 amide bonds. The number of rotatable bonds is 4. The third-order valence-electron chi connectivity index (χ3n) is 5.06. The summed E-state index contributed by atoms with van der Waals surface area (Å²) in [7, 11) is 0. The van der Waals surface area contributed by atoms with Gasteiger partial charge in [0.1, 0.15) is 6.54 Å². The third kappa shape index (κ3) is 2.94. The van der Waals surface area contributed by atoms with E-state index in [0.29, 0.717) is 17.9 Å². The second-order valence-corrected chi connectivity index (χ2v) is 6.89. The van der Waals surface area contributed by atoms with Crippen molar-refractivity contribution in [3.05, 3.63) is 54.6 Å². The molecule has 142 valence electrons. The number of pyridine rings is 1. The zero-order chi connectivity index (χ0) is 18.9. The number of piperidine rings is 1. The van der Waals surface area contributed by atoms with Crippen molar-refractivity contribution in [3.63, 3.8) is 0 Å². The Hall–Kier alpha value is -3.49. The standard InChI is InChI=1S/C19H19N7O2/c27-19(24-7-2-1-3-8-24)15-10-22-26-16(5-4-6-17(15)26)14-9-21-25(11-14)12-18-20-13-28-23-18/h4-6,9-11,13H,1-3,7-8,12H2. The number of hydrogen-bond acceptors (Lipinski definition) is 6. The highest BCUT2D eigenvalue weighted by atomic mass is 16.5. The van der Waals surface area contributed by atoms with Crippen LogP contribution in [-0.2, 0) is 6.54 Å². The number of likely N-dealkylation sites (tertiary alicyclic amines) is 1. The fourth-order valence-electron chi connectivity index (χ4n) is 3.65. The molecular formula is C19H19N7O2. The van der Waals surface area contributed by atoms with Gasteiger partial charge in [-0.25, -0.2) is 4.52 Å². The number of amides is 1. The first-order valence-corrected chi connectivity index (χ1v) is 9.34. The highest BCUT2D eigenvalue weighted by Crippen LogP contribution is 2.23. The number of fused-ring (bicyclic) bond motifs is 1. The first kappa shape index (κ1) is 16.7. The van der Waals surface area contributed by atoms with Crippen LogP contribution < -0.4 is 0 Å². The summed E-state index contributed by atoms with van der Waals surface area (Å²) in [5.74, 6) is 0.612. The zero-order valence-electron chi connectivity index (χ0n) is 15.2. The van der Waals surface area contributed by atoms with E-state index in [2.05, 4.69) is 20.3 Å². The van der Waals surface area contributed by atoms with Gasteiger partial charge in [-0.3, -0.25) is 9.48 Å². The SMILES string of the molecule is O=C(c1cnn2c(-c3cnn(Cc4ncon4)c3)cccc12)N1CCCCC1. The van der Waals surface area contributed by atoms with Crippen LogP contribution in [0, 0.1) is 0 Å². The highest BCUT2D eigenvalue weighted by molar-refractivity contribution is 6.01. The van der Waals surface area contributed by atoms with Gasteiger partial charge in [0.15, 0.2) is 5.82 Å². The summed E-state index contributed by atoms with van der Waals surface area (Å²) in [5, 5.41) is 12.7. The van der Waals surface area contributed by atoms with Crippen molar-refractivity contribution >= 4 is 11.4 Å².